The van der Waals surface area contributed by atoms with Crippen molar-refractivity contribution < 1.29 is 14.3 Å². The fourth-order valence-electron chi connectivity index (χ4n) is 0.595. The van der Waals surface area contributed by atoms with E-state index < -0.39 is 12.2 Å². The summed E-state index contributed by atoms with van der Waals surface area (Å²) < 4.78 is 5.16. The Balaban J connectivity index is 2.64. The second-order valence-electron chi connectivity index (χ2n) is 1.78. The summed E-state index contributed by atoms with van der Waals surface area (Å²) >= 11 is 0. The van der Waals surface area contributed by atoms with Crippen LogP contribution in [0.3, 0.4) is 0 Å². The van der Waals surface area contributed by atoms with E-state index in [1.54, 1.807) is 12.1 Å². The third kappa shape index (κ3) is 1.82. The van der Waals surface area contributed by atoms with Gasteiger partial charge in [0.15, 0.2) is 0 Å². The molecule has 2 N–H and O–H groups in total. The maximum Gasteiger partial charge on any atom is 0.426 e. The number of nitrogens with two attached hydrogens (primary N) is 1. The third-order valence-electron chi connectivity index (χ3n) is 1.00. The highest BCUT2D eigenvalue weighted by Crippen LogP contribution is 1.91. The highest BCUT2D eigenvalue weighted by Gasteiger charge is 2.06. The standard InChI is InChI=1S/C6H6N2O3/c7-5(9)11-6(10)8-3-1-2-4-8/h1-4H,(H2,7,9). The molecule has 0 unspecified atom stereocenters. The maximum atomic E-state index is 10.8. The summed E-state index contributed by atoms with van der Waals surface area (Å²) in [6, 6.07) is 3.25. The summed E-state index contributed by atoms with van der Waals surface area (Å²) in [6.45, 7) is 0. The molecule has 0 aliphatic heterocycles. The van der Waals surface area contributed by atoms with Crippen LogP contribution in [-0.4, -0.2) is 16.8 Å². The van der Waals surface area contributed by atoms with Gasteiger partial charge in [0.25, 0.3) is 0 Å². The zero-order chi connectivity index (χ0) is 8.27. The number of aromatic nitrogens is 1. The van der Waals surface area contributed by atoms with Crippen molar-refractivity contribution in [3.63, 3.8) is 0 Å². The molecule has 1 amide bonds. The number of hydrogen-bond acceptors (Lipinski definition) is 3. The zero-order valence-corrected chi connectivity index (χ0v) is 5.56. The minimum absolute atomic E-state index is 0.803. The lowest BCUT2D eigenvalue weighted by Crippen LogP contribution is -2.21. The van der Waals surface area contributed by atoms with Gasteiger partial charge in [-0.2, -0.15) is 0 Å². The van der Waals surface area contributed by atoms with Crippen LogP contribution < -0.4 is 5.73 Å². The van der Waals surface area contributed by atoms with E-state index in [2.05, 4.69) is 10.5 Å². The Labute approximate surface area is 62.4 Å². The van der Waals surface area contributed by atoms with Crippen LogP contribution in [-0.2, 0) is 4.74 Å². The Morgan fingerprint density at radius 3 is 2.27 bits per heavy atom. The first kappa shape index (κ1) is 7.33. The lowest BCUT2D eigenvalue weighted by atomic mass is 10.7. The van der Waals surface area contributed by atoms with Gasteiger partial charge in [-0.05, 0) is 12.1 Å². The molecule has 0 radical (unpaired) electrons. The lowest BCUT2D eigenvalue weighted by molar-refractivity contribution is 0.158. The van der Waals surface area contributed by atoms with E-state index in [1.165, 1.54) is 12.4 Å². The van der Waals surface area contributed by atoms with E-state index in [4.69, 9.17) is 0 Å². The van der Waals surface area contributed by atoms with Crippen molar-refractivity contribution in [1.29, 1.82) is 0 Å². The number of hydrogen-bond donors (Lipinski definition) is 1. The van der Waals surface area contributed by atoms with Gasteiger partial charge in [-0.3, -0.25) is 4.57 Å². The minimum Gasteiger partial charge on any atom is -0.359 e. The molecule has 5 nitrogen and oxygen atoms in total. The Morgan fingerprint density at radius 2 is 1.82 bits per heavy atom. The molecular weight excluding hydrogens is 148 g/mol. The largest absolute Gasteiger partial charge is 0.426 e. The van der Waals surface area contributed by atoms with Gasteiger partial charge >= 0.3 is 12.2 Å². The second-order valence-corrected chi connectivity index (χ2v) is 1.78. The molecule has 0 aromatic carbocycles. The molecular formula is C6H6N2O3. The summed E-state index contributed by atoms with van der Waals surface area (Å²) in [5.41, 5.74) is 4.60. The molecule has 0 spiro atoms. The van der Waals surface area contributed by atoms with Crippen molar-refractivity contribution in [1.82, 2.24) is 4.57 Å². The first-order valence-corrected chi connectivity index (χ1v) is 2.85. The van der Waals surface area contributed by atoms with Crippen LogP contribution in [0.5, 0.6) is 0 Å². The average Bonchev–Trinajstić information content (AvgIpc) is 2.35. The van der Waals surface area contributed by atoms with Gasteiger partial charge in [0.05, 0.1) is 0 Å². The molecule has 5 heteroatoms. The first-order valence-electron chi connectivity index (χ1n) is 2.85. The van der Waals surface area contributed by atoms with Gasteiger partial charge < -0.3 is 10.5 Å². The topological polar surface area (TPSA) is 74.3 Å². The van der Waals surface area contributed by atoms with Crippen molar-refractivity contribution in [2.45, 2.75) is 0 Å². The van der Waals surface area contributed by atoms with E-state index in [-0.39, 0.29) is 0 Å². The highest BCUT2D eigenvalue weighted by molar-refractivity contribution is 5.83. The van der Waals surface area contributed by atoms with Crippen molar-refractivity contribution in [3.8, 4) is 0 Å². The van der Waals surface area contributed by atoms with Crippen molar-refractivity contribution in [2.75, 3.05) is 0 Å². The smallest absolute Gasteiger partial charge is 0.359 e. The van der Waals surface area contributed by atoms with Gasteiger partial charge in [0.2, 0.25) is 0 Å². The molecule has 1 aromatic rings. The molecule has 0 saturated heterocycles. The van der Waals surface area contributed by atoms with E-state index in [0.717, 1.165) is 4.57 Å². The van der Waals surface area contributed by atoms with Crippen molar-refractivity contribution >= 4 is 12.2 Å². The first-order chi connectivity index (χ1) is 5.20. The summed E-state index contributed by atoms with van der Waals surface area (Å²) in [5, 5.41) is 0. The van der Waals surface area contributed by atoms with Crippen LogP contribution in [0.2, 0.25) is 0 Å². The molecule has 1 aromatic heterocycles. The van der Waals surface area contributed by atoms with Crippen LogP contribution in [0, 0.1) is 0 Å². The zero-order valence-electron chi connectivity index (χ0n) is 5.56. The summed E-state index contributed by atoms with van der Waals surface area (Å²) in [5.74, 6) is 0. The van der Waals surface area contributed by atoms with Gasteiger partial charge in [-0.15, -0.1) is 0 Å². The van der Waals surface area contributed by atoms with Gasteiger partial charge in [0.1, 0.15) is 0 Å². The summed E-state index contributed by atoms with van der Waals surface area (Å²) in [6.07, 6.45) is 0.988. The van der Waals surface area contributed by atoms with E-state index in [9.17, 15) is 9.59 Å². The minimum atomic E-state index is -1.11. The van der Waals surface area contributed by atoms with Crippen molar-refractivity contribution in [2.24, 2.45) is 5.73 Å². The number of ether oxygens (including phenoxy) is 1. The molecule has 0 bridgehead atoms. The highest BCUT2D eigenvalue weighted by atomic mass is 16.6. The number of nitrogens with zero attached hydrogens (tertiary/aromatic N) is 1. The number of amides is 1. The van der Waals surface area contributed by atoms with Crippen LogP contribution in [0.4, 0.5) is 9.59 Å². The SMILES string of the molecule is NC(=O)OC(=O)n1cccc1. The number of primary amides is 1. The van der Waals surface area contributed by atoms with Gasteiger partial charge in [-0.1, -0.05) is 0 Å². The summed E-state index contributed by atoms with van der Waals surface area (Å²) in [7, 11) is 0. The van der Waals surface area contributed by atoms with Crippen LogP contribution in [0.15, 0.2) is 24.5 Å². The predicted octanol–water partition coefficient (Wildman–Crippen LogP) is 0.552. The van der Waals surface area contributed by atoms with Gasteiger partial charge in [0, 0.05) is 12.4 Å². The van der Waals surface area contributed by atoms with E-state index >= 15 is 0 Å². The molecule has 0 atom stereocenters. The quantitative estimate of drug-likeness (QED) is 0.554. The van der Waals surface area contributed by atoms with Crippen LogP contribution in [0.25, 0.3) is 0 Å². The molecule has 0 aliphatic carbocycles. The number of rotatable bonds is 0. The Bertz CT molecular complexity index is 265. The molecule has 0 fully saturated rings. The molecule has 1 rings (SSSR count). The average molecular weight is 154 g/mol. The maximum absolute atomic E-state index is 10.8. The van der Waals surface area contributed by atoms with Crippen LogP contribution in [0.1, 0.15) is 0 Å². The third-order valence-corrected chi connectivity index (χ3v) is 1.00. The van der Waals surface area contributed by atoms with E-state index in [1.807, 2.05) is 0 Å². The number of carbonyl (C=O) groups excluding carboxylic acids is 2. The van der Waals surface area contributed by atoms with Crippen molar-refractivity contribution in [3.05, 3.63) is 24.5 Å². The Kier molecular flexibility index (Phi) is 1.91. The lowest BCUT2D eigenvalue weighted by Gasteiger charge is -1.97. The van der Waals surface area contributed by atoms with Crippen LogP contribution >= 0.6 is 0 Å². The molecule has 0 aliphatic rings. The fraction of sp³-hybridized carbons (Fsp3) is 0. The molecule has 58 valence electrons. The Hall–Kier alpha value is -1.78. The Morgan fingerprint density at radius 1 is 1.27 bits per heavy atom. The monoisotopic (exact) mass is 154 g/mol. The second kappa shape index (κ2) is 2.87. The number of carbonyl (C=O) groups is 2. The summed E-state index contributed by atoms with van der Waals surface area (Å²) in [4.78, 5) is 20.8. The predicted molar refractivity (Wildman–Crippen MR) is 35.9 cm³/mol. The molecule has 1 heterocycles. The normalized spacial score (nSPS) is 9.09. The fourth-order valence-corrected chi connectivity index (χ4v) is 0.595. The molecule has 0 saturated carbocycles. The van der Waals surface area contributed by atoms with E-state index in [0.29, 0.717) is 0 Å². The van der Waals surface area contributed by atoms with Gasteiger partial charge in [-0.25, -0.2) is 9.59 Å². The molecule has 11 heavy (non-hydrogen) atoms.